The highest BCUT2D eigenvalue weighted by atomic mass is 35.5. The van der Waals surface area contributed by atoms with Crippen molar-refractivity contribution in [2.75, 3.05) is 20.8 Å². The molecule has 5 nitrogen and oxygen atoms in total. The number of rotatable bonds is 5. The van der Waals surface area contributed by atoms with Gasteiger partial charge in [-0.05, 0) is 29.8 Å². The second-order valence-corrected chi connectivity index (χ2v) is 5.25. The first-order chi connectivity index (χ1) is 10.5. The Labute approximate surface area is 134 Å². The van der Waals surface area contributed by atoms with Gasteiger partial charge >= 0.3 is 0 Å². The van der Waals surface area contributed by atoms with E-state index in [0.717, 1.165) is 5.56 Å². The van der Waals surface area contributed by atoms with Crippen LogP contribution in [0.4, 0.5) is 0 Å². The fourth-order valence-electron chi connectivity index (χ4n) is 2.14. The summed E-state index contributed by atoms with van der Waals surface area (Å²) >= 11 is 5.90. The number of amides is 1. The smallest absolute Gasteiger partial charge is 0.276 e. The molecular weight excluding hydrogens is 304 g/mol. The summed E-state index contributed by atoms with van der Waals surface area (Å²) in [7, 11) is 3.22. The molecule has 1 atom stereocenters. The summed E-state index contributed by atoms with van der Waals surface area (Å²) in [5.74, 6) is -0.526. The standard InChI is InChI=1S/C16H17ClN2O3/c1-19(16(21)15-14(20)4-3-9-18-15)13(10-22-2)11-5-7-12(17)8-6-11/h3-9,13,20H,10H2,1-2H3/t13-/m0/s1. The Bertz CT molecular complexity index is 646. The van der Waals surface area contributed by atoms with Gasteiger partial charge in [-0.25, -0.2) is 4.98 Å². The van der Waals surface area contributed by atoms with E-state index in [1.54, 1.807) is 32.4 Å². The van der Waals surface area contributed by atoms with Gasteiger partial charge in [0.1, 0.15) is 5.75 Å². The number of aromatic nitrogens is 1. The van der Waals surface area contributed by atoms with Crippen molar-refractivity contribution < 1.29 is 14.6 Å². The number of nitrogens with zero attached hydrogens (tertiary/aromatic N) is 2. The molecule has 116 valence electrons. The highest BCUT2D eigenvalue weighted by Crippen LogP contribution is 2.25. The number of carbonyl (C=O) groups excluding carboxylic acids is 1. The Balaban J connectivity index is 2.30. The first-order valence-corrected chi connectivity index (χ1v) is 7.08. The van der Waals surface area contributed by atoms with Crippen LogP contribution in [0.1, 0.15) is 22.1 Å². The molecule has 0 fully saturated rings. The predicted octanol–water partition coefficient (Wildman–Crippen LogP) is 2.90. The Morgan fingerprint density at radius 2 is 2.05 bits per heavy atom. The molecule has 0 unspecified atom stereocenters. The van der Waals surface area contributed by atoms with Crippen molar-refractivity contribution in [2.24, 2.45) is 0 Å². The van der Waals surface area contributed by atoms with E-state index in [9.17, 15) is 9.90 Å². The number of aromatic hydroxyl groups is 1. The van der Waals surface area contributed by atoms with E-state index in [1.807, 2.05) is 12.1 Å². The molecule has 0 saturated carbocycles. The third kappa shape index (κ3) is 3.55. The van der Waals surface area contributed by atoms with E-state index in [1.165, 1.54) is 17.2 Å². The van der Waals surface area contributed by atoms with Crippen LogP contribution in [0.5, 0.6) is 5.75 Å². The van der Waals surface area contributed by atoms with Crippen molar-refractivity contribution in [3.05, 3.63) is 58.9 Å². The molecule has 0 aliphatic carbocycles. The van der Waals surface area contributed by atoms with Crippen molar-refractivity contribution in [2.45, 2.75) is 6.04 Å². The SMILES string of the molecule is COC[C@@H](c1ccc(Cl)cc1)N(C)C(=O)c1ncccc1O. The van der Waals surface area contributed by atoms with Crippen molar-refractivity contribution in [3.63, 3.8) is 0 Å². The number of pyridine rings is 1. The van der Waals surface area contributed by atoms with E-state index in [2.05, 4.69) is 4.98 Å². The average molecular weight is 321 g/mol. The maximum absolute atomic E-state index is 12.5. The van der Waals surface area contributed by atoms with Crippen LogP contribution in [-0.2, 0) is 4.74 Å². The molecule has 0 spiro atoms. The first kappa shape index (κ1) is 16.3. The van der Waals surface area contributed by atoms with Crippen LogP contribution in [0.3, 0.4) is 0 Å². The van der Waals surface area contributed by atoms with Gasteiger partial charge in [0, 0.05) is 25.4 Å². The van der Waals surface area contributed by atoms with E-state index >= 15 is 0 Å². The lowest BCUT2D eigenvalue weighted by Gasteiger charge is -2.28. The van der Waals surface area contributed by atoms with Gasteiger partial charge in [0.05, 0.1) is 12.6 Å². The molecule has 6 heteroatoms. The van der Waals surface area contributed by atoms with Gasteiger partial charge in [0.2, 0.25) is 0 Å². The third-order valence-electron chi connectivity index (χ3n) is 3.36. The topological polar surface area (TPSA) is 62.7 Å². The number of likely N-dealkylation sites (N-methyl/N-ethyl adjacent to an activating group) is 1. The van der Waals surface area contributed by atoms with Crippen LogP contribution in [0.2, 0.25) is 5.02 Å². The van der Waals surface area contributed by atoms with Gasteiger partial charge in [-0.15, -0.1) is 0 Å². The molecule has 0 bridgehead atoms. The molecular formula is C16H17ClN2O3. The molecule has 22 heavy (non-hydrogen) atoms. The number of benzene rings is 1. The van der Waals surface area contributed by atoms with E-state index in [4.69, 9.17) is 16.3 Å². The maximum Gasteiger partial charge on any atom is 0.276 e. The van der Waals surface area contributed by atoms with E-state index in [-0.39, 0.29) is 23.4 Å². The molecule has 1 heterocycles. The molecule has 0 aliphatic heterocycles. The summed E-state index contributed by atoms with van der Waals surface area (Å²) in [6, 6.07) is 9.89. The van der Waals surface area contributed by atoms with Gasteiger partial charge in [-0.3, -0.25) is 4.79 Å². The number of hydrogen-bond acceptors (Lipinski definition) is 4. The molecule has 0 radical (unpaired) electrons. The summed E-state index contributed by atoms with van der Waals surface area (Å²) < 4.78 is 5.22. The lowest BCUT2D eigenvalue weighted by Crippen LogP contribution is -2.34. The predicted molar refractivity (Wildman–Crippen MR) is 84.1 cm³/mol. The molecule has 1 amide bonds. The zero-order chi connectivity index (χ0) is 16.1. The number of methoxy groups -OCH3 is 1. The first-order valence-electron chi connectivity index (χ1n) is 6.70. The summed E-state index contributed by atoms with van der Waals surface area (Å²) in [5.41, 5.74) is 0.901. The minimum Gasteiger partial charge on any atom is -0.505 e. The summed E-state index contributed by atoms with van der Waals surface area (Å²) in [5, 5.41) is 10.4. The Kier molecular flexibility index (Phi) is 5.35. The Morgan fingerprint density at radius 3 is 2.64 bits per heavy atom. The van der Waals surface area contributed by atoms with Crippen LogP contribution in [0, 0.1) is 0 Å². The van der Waals surface area contributed by atoms with Gasteiger partial charge < -0.3 is 14.7 Å². The largest absolute Gasteiger partial charge is 0.505 e. The van der Waals surface area contributed by atoms with E-state index < -0.39 is 0 Å². The van der Waals surface area contributed by atoms with Crippen LogP contribution in [0.15, 0.2) is 42.6 Å². The molecule has 1 N–H and O–H groups in total. The molecule has 1 aromatic carbocycles. The summed E-state index contributed by atoms with van der Waals surface area (Å²) in [6.45, 7) is 0.317. The van der Waals surface area contributed by atoms with Crippen LogP contribution in [-0.4, -0.2) is 41.7 Å². The van der Waals surface area contributed by atoms with Gasteiger partial charge in [-0.2, -0.15) is 0 Å². The molecule has 2 rings (SSSR count). The second-order valence-electron chi connectivity index (χ2n) is 4.81. The minimum absolute atomic E-state index is 0.0140. The number of hydrogen-bond donors (Lipinski definition) is 1. The summed E-state index contributed by atoms with van der Waals surface area (Å²) in [6.07, 6.45) is 1.47. The Hall–Kier alpha value is -2.11. The average Bonchev–Trinajstić information content (AvgIpc) is 2.53. The third-order valence-corrected chi connectivity index (χ3v) is 3.61. The van der Waals surface area contributed by atoms with Crippen LogP contribution >= 0.6 is 11.6 Å². The molecule has 0 saturated heterocycles. The van der Waals surface area contributed by atoms with Crippen LogP contribution in [0.25, 0.3) is 0 Å². The summed E-state index contributed by atoms with van der Waals surface area (Å²) in [4.78, 5) is 18.0. The fraction of sp³-hybridized carbons (Fsp3) is 0.250. The minimum atomic E-state index is -0.380. The monoisotopic (exact) mass is 320 g/mol. The highest BCUT2D eigenvalue weighted by Gasteiger charge is 2.25. The zero-order valence-corrected chi connectivity index (χ0v) is 13.1. The van der Waals surface area contributed by atoms with Crippen molar-refractivity contribution in [3.8, 4) is 5.75 Å². The second kappa shape index (κ2) is 7.24. The lowest BCUT2D eigenvalue weighted by atomic mass is 10.1. The Morgan fingerprint density at radius 1 is 1.36 bits per heavy atom. The lowest BCUT2D eigenvalue weighted by molar-refractivity contribution is 0.0594. The molecule has 0 aliphatic rings. The normalized spacial score (nSPS) is 12.0. The van der Waals surface area contributed by atoms with Gasteiger partial charge in [0.15, 0.2) is 5.69 Å². The number of ether oxygens (including phenoxy) is 1. The van der Waals surface area contributed by atoms with Crippen molar-refractivity contribution in [1.82, 2.24) is 9.88 Å². The number of carbonyl (C=O) groups is 1. The van der Waals surface area contributed by atoms with E-state index in [0.29, 0.717) is 11.6 Å². The van der Waals surface area contributed by atoms with Gasteiger partial charge in [0.25, 0.3) is 5.91 Å². The highest BCUT2D eigenvalue weighted by molar-refractivity contribution is 6.30. The zero-order valence-electron chi connectivity index (χ0n) is 12.4. The fourth-order valence-corrected chi connectivity index (χ4v) is 2.27. The molecule has 2 aromatic rings. The van der Waals surface area contributed by atoms with Crippen molar-refractivity contribution in [1.29, 1.82) is 0 Å². The number of halogens is 1. The van der Waals surface area contributed by atoms with Crippen molar-refractivity contribution >= 4 is 17.5 Å². The van der Waals surface area contributed by atoms with Crippen LogP contribution < -0.4 is 0 Å². The molecule has 1 aromatic heterocycles. The quantitative estimate of drug-likeness (QED) is 0.920. The maximum atomic E-state index is 12.5. The van der Waals surface area contributed by atoms with Gasteiger partial charge in [-0.1, -0.05) is 23.7 Å².